The van der Waals surface area contributed by atoms with Gasteiger partial charge in [-0.1, -0.05) is 30.4 Å². The number of nitro groups is 1. The minimum atomic E-state index is -3.59. The van der Waals surface area contributed by atoms with Crippen molar-refractivity contribution in [3.63, 3.8) is 0 Å². The Kier molecular flexibility index (Phi) is 5.29. The lowest BCUT2D eigenvalue weighted by atomic mass is 10.2. The van der Waals surface area contributed by atoms with Crippen LogP contribution in [0.4, 0.5) is 10.8 Å². The summed E-state index contributed by atoms with van der Waals surface area (Å²) in [4.78, 5) is 27.3. The second-order valence-electron chi connectivity index (χ2n) is 5.62. The highest BCUT2D eigenvalue weighted by atomic mass is 32.2. The molecule has 1 aromatic heterocycles. The minimum Gasteiger partial charge on any atom is -0.494 e. The van der Waals surface area contributed by atoms with Crippen molar-refractivity contribution in [3.8, 4) is 5.75 Å². The number of benzene rings is 2. The van der Waals surface area contributed by atoms with E-state index in [-0.39, 0.29) is 32.8 Å². The number of non-ortho nitro benzene ring substituents is 1. The molecule has 146 valence electrons. The number of nitrogens with one attached hydrogen (secondary N) is 1. The fraction of sp³-hybridized carbons (Fsp3) is 0.176. The monoisotopic (exact) mass is 421 g/mol. The molecule has 11 heteroatoms. The van der Waals surface area contributed by atoms with Gasteiger partial charge in [0.15, 0.2) is 20.7 Å². The van der Waals surface area contributed by atoms with E-state index in [9.17, 15) is 23.3 Å². The third-order valence-corrected chi connectivity index (χ3v) is 6.65. The summed E-state index contributed by atoms with van der Waals surface area (Å²) in [5, 5.41) is 13.8. The molecule has 0 spiro atoms. The maximum atomic E-state index is 12.7. The SMILES string of the molecule is CCS(=O)(=O)c1ccccc1C(=O)Nc1nc2c(OC)cc([N+](=O)[O-])cc2s1. The van der Waals surface area contributed by atoms with E-state index in [1.165, 1.54) is 38.3 Å². The topological polar surface area (TPSA) is 128 Å². The van der Waals surface area contributed by atoms with Crippen LogP contribution in [0.25, 0.3) is 10.2 Å². The Hall–Kier alpha value is -3.05. The van der Waals surface area contributed by atoms with Gasteiger partial charge < -0.3 is 4.74 Å². The maximum Gasteiger partial charge on any atom is 0.274 e. The Morgan fingerprint density at radius 3 is 2.68 bits per heavy atom. The van der Waals surface area contributed by atoms with Gasteiger partial charge in [-0.2, -0.15) is 0 Å². The third kappa shape index (κ3) is 3.66. The van der Waals surface area contributed by atoms with Gasteiger partial charge in [0, 0.05) is 6.07 Å². The van der Waals surface area contributed by atoms with Crippen LogP contribution in [-0.2, 0) is 9.84 Å². The normalized spacial score (nSPS) is 11.4. The largest absolute Gasteiger partial charge is 0.494 e. The number of carbonyl (C=O) groups is 1. The van der Waals surface area contributed by atoms with Gasteiger partial charge >= 0.3 is 0 Å². The molecule has 9 nitrogen and oxygen atoms in total. The summed E-state index contributed by atoms with van der Waals surface area (Å²) in [5.41, 5.74) is 0.203. The van der Waals surface area contributed by atoms with Crippen LogP contribution in [0.1, 0.15) is 17.3 Å². The van der Waals surface area contributed by atoms with E-state index >= 15 is 0 Å². The number of nitrogens with zero attached hydrogens (tertiary/aromatic N) is 2. The second kappa shape index (κ2) is 7.52. The van der Waals surface area contributed by atoms with Gasteiger partial charge in [-0.25, -0.2) is 13.4 Å². The van der Waals surface area contributed by atoms with Crippen LogP contribution >= 0.6 is 11.3 Å². The first-order valence-electron chi connectivity index (χ1n) is 8.03. The van der Waals surface area contributed by atoms with Crippen LogP contribution in [0.5, 0.6) is 5.75 Å². The quantitative estimate of drug-likeness (QED) is 0.478. The average molecular weight is 421 g/mol. The summed E-state index contributed by atoms with van der Waals surface area (Å²) in [6.07, 6.45) is 0. The van der Waals surface area contributed by atoms with Crippen LogP contribution in [0.15, 0.2) is 41.3 Å². The summed E-state index contributed by atoms with van der Waals surface area (Å²) in [6.45, 7) is 1.50. The predicted octanol–water partition coefficient (Wildman–Crippen LogP) is 3.26. The van der Waals surface area contributed by atoms with Crippen molar-refractivity contribution in [2.45, 2.75) is 11.8 Å². The first kappa shape index (κ1) is 19.7. The van der Waals surface area contributed by atoms with Crippen LogP contribution in [0.2, 0.25) is 0 Å². The summed E-state index contributed by atoms with van der Waals surface area (Å²) in [7, 11) is -2.23. The number of fused-ring (bicyclic) bond motifs is 1. The van der Waals surface area contributed by atoms with Crippen LogP contribution in [-0.4, -0.2) is 37.1 Å². The zero-order chi connectivity index (χ0) is 20.5. The first-order valence-corrected chi connectivity index (χ1v) is 10.5. The Bertz CT molecular complexity index is 1190. The number of hydrogen-bond donors (Lipinski definition) is 1. The number of thiazole rings is 1. The molecule has 28 heavy (non-hydrogen) atoms. The first-order chi connectivity index (χ1) is 13.3. The van der Waals surface area contributed by atoms with Gasteiger partial charge in [0.2, 0.25) is 0 Å². The number of rotatable bonds is 6. The number of sulfone groups is 1. The number of amides is 1. The fourth-order valence-corrected chi connectivity index (χ4v) is 4.55. The van der Waals surface area contributed by atoms with Crippen molar-refractivity contribution in [2.24, 2.45) is 0 Å². The van der Waals surface area contributed by atoms with Crippen molar-refractivity contribution < 1.29 is 22.9 Å². The Morgan fingerprint density at radius 1 is 1.32 bits per heavy atom. The fourth-order valence-electron chi connectivity index (χ4n) is 2.54. The van der Waals surface area contributed by atoms with E-state index in [1.54, 1.807) is 12.1 Å². The van der Waals surface area contributed by atoms with Crippen LogP contribution in [0, 0.1) is 10.1 Å². The Labute approximate surface area is 164 Å². The molecule has 0 unspecified atom stereocenters. The molecule has 0 aliphatic heterocycles. The zero-order valence-corrected chi connectivity index (χ0v) is 16.5. The molecule has 1 heterocycles. The maximum absolute atomic E-state index is 12.7. The Morgan fingerprint density at radius 2 is 2.04 bits per heavy atom. The second-order valence-corrected chi connectivity index (χ2v) is 8.90. The number of anilines is 1. The van der Waals surface area contributed by atoms with Crippen molar-refractivity contribution >= 4 is 48.1 Å². The summed E-state index contributed by atoms with van der Waals surface area (Å²) < 4.78 is 30.1. The van der Waals surface area contributed by atoms with Gasteiger partial charge in [0.1, 0.15) is 5.52 Å². The molecule has 0 saturated carbocycles. The standard InChI is InChI=1S/C17H15N3O6S2/c1-3-28(24,25)14-7-5-4-6-11(14)16(21)19-17-18-15-12(26-2)8-10(20(22)23)9-13(15)27-17/h4-9H,3H2,1-2H3,(H,18,19,21). The van der Waals surface area contributed by atoms with E-state index in [2.05, 4.69) is 10.3 Å². The van der Waals surface area contributed by atoms with Crippen molar-refractivity contribution in [3.05, 3.63) is 52.1 Å². The summed E-state index contributed by atoms with van der Waals surface area (Å²) >= 11 is 1.02. The van der Waals surface area contributed by atoms with Crippen molar-refractivity contribution in [2.75, 3.05) is 18.2 Å². The molecule has 0 saturated heterocycles. The van der Waals surface area contributed by atoms with E-state index in [4.69, 9.17) is 4.74 Å². The minimum absolute atomic E-state index is 0.00144. The van der Waals surface area contributed by atoms with Crippen molar-refractivity contribution in [1.82, 2.24) is 4.98 Å². The summed E-state index contributed by atoms with van der Waals surface area (Å²) in [6, 6.07) is 8.47. The molecule has 1 amide bonds. The number of nitro benzene ring substituents is 1. The van der Waals surface area contributed by atoms with E-state index in [1.807, 2.05) is 0 Å². The van der Waals surface area contributed by atoms with Gasteiger partial charge in [0.05, 0.1) is 39.0 Å². The molecule has 0 radical (unpaired) electrons. The molecule has 0 fully saturated rings. The van der Waals surface area contributed by atoms with Gasteiger partial charge in [0.25, 0.3) is 11.6 Å². The number of ether oxygens (including phenoxy) is 1. The molecule has 0 aliphatic rings. The molecule has 0 bridgehead atoms. The van der Waals surface area contributed by atoms with Crippen molar-refractivity contribution in [1.29, 1.82) is 0 Å². The van der Waals surface area contributed by atoms with Gasteiger partial charge in [-0.3, -0.25) is 20.2 Å². The Balaban J connectivity index is 2.00. The highest BCUT2D eigenvalue weighted by molar-refractivity contribution is 7.91. The molecule has 1 N–H and O–H groups in total. The number of aromatic nitrogens is 1. The predicted molar refractivity (Wildman–Crippen MR) is 105 cm³/mol. The van der Waals surface area contributed by atoms with E-state index in [0.29, 0.717) is 10.2 Å². The molecular formula is C17H15N3O6S2. The highest BCUT2D eigenvalue weighted by Gasteiger charge is 2.22. The van der Waals surface area contributed by atoms with Gasteiger partial charge in [-0.15, -0.1) is 0 Å². The van der Waals surface area contributed by atoms with Gasteiger partial charge in [-0.05, 0) is 12.1 Å². The third-order valence-electron chi connectivity index (χ3n) is 3.94. The molecular weight excluding hydrogens is 406 g/mol. The zero-order valence-electron chi connectivity index (χ0n) is 14.8. The van der Waals surface area contributed by atoms with E-state index < -0.39 is 20.7 Å². The van der Waals surface area contributed by atoms with E-state index in [0.717, 1.165) is 11.3 Å². The molecule has 2 aromatic carbocycles. The number of carbonyl (C=O) groups excluding carboxylic acids is 1. The summed E-state index contributed by atoms with van der Waals surface area (Å²) in [5.74, 6) is -0.575. The molecule has 3 rings (SSSR count). The lowest BCUT2D eigenvalue weighted by molar-refractivity contribution is -0.384. The lowest BCUT2D eigenvalue weighted by Gasteiger charge is -2.08. The van der Waals surface area contributed by atoms with Crippen LogP contribution < -0.4 is 10.1 Å². The lowest BCUT2D eigenvalue weighted by Crippen LogP contribution is -2.17. The number of methoxy groups -OCH3 is 1. The molecule has 3 aromatic rings. The smallest absolute Gasteiger partial charge is 0.274 e. The highest BCUT2D eigenvalue weighted by Crippen LogP contribution is 2.36. The number of hydrogen-bond acceptors (Lipinski definition) is 8. The molecule has 0 aliphatic carbocycles. The molecule has 0 atom stereocenters. The van der Waals surface area contributed by atoms with Crippen LogP contribution in [0.3, 0.4) is 0 Å². The average Bonchev–Trinajstić information content (AvgIpc) is 3.09.